The topological polar surface area (TPSA) is 54.4 Å². The minimum Gasteiger partial charge on any atom is -0.493 e. The Morgan fingerprint density at radius 3 is 2.53 bits per heavy atom. The van der Waals surface area contributed by atoms with Crippen LogP contribution in [0.2, 0.25) is 0 Å². The van der Waals surface area contributed by atoms with Crippen LogP contribution >= 0.6 is 0 Å². The molecule has 9 heteroatoms. The van der Waals surface area contributed by atoms with Gasteiger partial charge in [0, 0.05) is 28.6 Å². The maximum Gasteiger partial charge on any atom is 0.418 e. The quantitative estimate of drug-likeness (QED) is 0.436. The lowest BCUT2D eigenvalue weighted by molar-refractivity contribution is -0.260. The van der Waals surface area contributed by atoms with Crippen LogP contribution in [0.3, 0.4) is 0 Å². The van der Waals surface area contributed by atoms with Gasteiger partial charge in [-0.25, -0.2) is 8.78 Å². The lowest BCUT2D eigenvalue weighted by atomic mass is 9.74. The Bertz CT molecular complexity index is 1240. The van der Waals surface area contributed by atoms with Crippen LogP contribution in [-0.2, 0) is 11.8 Å². The molecular formula is C25H25F5N2O2. The Balaban J connectivity index is 1.68. The number of halogens is 5. The second kappa shape index (κ2) is 8.37. The largest absolute Gasteiger partial charge is 0.493 e. The summed E-state index contributed by atoms with van der Waals surface area (Å²) in [4.78, 5) is 4.27. The Labute approximate surface area is 193 Å². The third-order valence-corrected chi connectivity index (χ3v) is 6.26. The van der Waals surface area contributed by atoms with E-state index in [0.29, 0.717) is 40.9 Å². The van der Waals surface area contributed by atoms with Crippen LogP contribution in [0.1, 0.15) is 37.1 Å². The molecule has 0 spiro atoms. The van der Waals surface area contributed by atoms with E-state index in [1.807, 2.05) is 0 Å². The zero-order valence-electron chi connectivity index (χ0n) is 19.0. The summed E-state index contributed by atoms with van der Waals surface area (Å²) in [5.41, 5.74) is -2.84. The summed E-state index contributed by atoms with van der Waals surface area (Å²) in [7, 11) is 0. The monoisotopic (exact) mass is 480 g/mol. The minimum atomic E-state index is -5.05. The van der Waals surface area contributed by atoms with E-state index in [4.69, 9.17) is 4.74 Å². The summed E-state index contributed by atoms with van der Waals surface area (Å²) in [5.74, 6) is -0.995. The molecule has 0 aliphatic carbocycles. The van der Waals surface area contributed by atoms with Gasteiger partial charge in [-0.2, -0.15) is 13.2 Å². The van der Waals surface area contributed by atoms with E-state index in [9.17, 15) is 27.1 Å². The number of nitrogens with one attached hydrogen (secondary N) is 1. The molecule has 2 N–H and O–H groups in total. The molecule has 3 aromatic rings. The van der Waals surface area contributed by atoms with E-state index >= 15 is 0 Å². The minimum absolute atomic E-state index is 0.180. The van der Waals surface area contributed by atoms with E-state index in [0.717, 1.165) is 12.1 Å². The highest BCUT2D eigenvalue weighted by atomic mass is 19.4. The molecule has 2 aromatic carbocycles. The van der Waals surface area contributed by atoms with Crippen LogP contribution in [0.15, 0.2) is 36.4 Å². The van der Waals surface area contributed by atoms with Crippen molar-refractivity contribution in [3.63, 3.8) is 0 Å². The fourth-order valence-electron chi connectivity index (χ4n) is 4.55. The first-order valence-electron chi connectivity index (χ1n) is 10.9. The second-order valence-corrected chi connectivity index (χ2v) is 9.43. The SMILES string of the molecule is Cc1ccc2c(NC[C@](O)(CC(C)(C)c3cc(F)cc4c3OCC4)C(F)(F)F)c(F)ccc2n1. The van der Waals surface area contributed by atoms with Crippen molar-refractivity contribution < 1.29 is 31.8 Å². The number of benzene rings is 2. The van der Waals surface area contributed by atoms with E-state index in [1.165, 1.54) is 26.0 Å². The number of alkyl halides is 3. The van der Waals surface area contributed by atoms with Crippen LogP contribution in [0.25, 0.3) is 10.9 Å². The highest BCUT2D eigenvalue weighted by Crippen LogP contribution is 2.46. The molecule has 0 radical (unpaired) electrons. The standard InChI is InChI=1S/C25H25F5N2O2/c1-14-4-5-17-20(32-14)7-6-19(27)21(17)31-13-24(33,25(28,29)30)12-23(2,3)18-11-16(26)10-15-8-9-34-22(15)18/h4-7,10-11,31,33H,8-9,12-13H2,1-3H3/t24-/m1/s1. The van der Waals surface area contributed by atoms with Gasteiger partial charge in [0.05, 0.1) is 24.4 Å². The maximum absolute atomic E-state index is 14.6. The predicted octanol–water partition coefficient (Wildman–Crippen LogP) is 5.83. The molecule has 0 amide bonds. The van der Waals surface area contributed by atoms with Crippen molar-refractivity contribution >= 4 is 16.6 Å². The van der Waals surface area contributed by atoms with Crippen LogP contribution in [-0.4, -0.2) is 35.0 Å². The highest BCUT2D eigenvalue weighted by Gasteiger charge is 2.56. The van der Waals surface area contributed by atoms with E-state index in [2.05, 4.69) is 10.3 Å². The number of pyridine rings is 1. The molecule has 34 heavy (non-hydrogen) atoms. The number of fused-ring (bicyclic) bond motifs is 2. The molecule has 4 nitrogen and oxygen atoms in total. The average molecular weight is 480 g/mol. The zero-order valence-corrected chi connectivity index (χ0v) is 19.0. The summed E-state index contributed by atoms with van der Waals surface area (Å²) in [6.45, 7) is 4.02. The van der Waals surface area contributed by atoms with Crippen molar-refractivity contribution in [2.45, 2.75) is 50.8 Å². The van der Waals surface area contributed by atoms with Gasteiger partial charge in [-0.05, 0) is 55.2 Å². The molecule has 2 heterocycles. The van der Waals surface area contributed by atoms with E-state index in [1.54, 1.807) is 19.1 Å². The Hall–Kier alpha value is -2.94. The zero-order chi connectivity index (χ0) is 24.9. The van der Waals surface area contributed by atoms with Crippen LogP contribution in [0.5, 0.6) is 5.75 Å². The molecule has 1 atom stereocenters. The summed E-state index contributed by atoms with van der Waals surface area (Å²) >= 11 is 0. The van der Waals surface area contributed by atoms with Gasteiger partial charge in [-0.3, -0.25) is 4.98 Å². The number of aromatic nitrogens is 1. The first-order valence-corrected chi connectivity index (χ1v) is 10.9. The molecule has 0 unspecified atom stereocenters. The molecule has 0 bridgehead atoms. The number of ether oxygens (including phenoxy) is 1. The van der Waals surface area contributed by atoms with Gasteiger partial charge < -0.3 is 15.2 Å². The van der Waals surface area contributed by atoms with Crippen molar-refractivity contribution in [3.8, 4) is 5.75 Å². The van der Waals surface area contributed by atoms with Gasteiger partial charge in [0.2, 0.25) is 0 Å². The van der Waals surface area contributed by atoms with Crippen LogP contribution in [0, 0.1) is 18.6 Å². The Morgan fingerprint density at radius 2 is 1.82 bits per heavy atom. The maximum atomic E-state index is 14.6. The van der Waals surface area contributed by atoms with Crippen LogP contribution in [0.4, 0.5) is 27.6 Å². The van der Waals surface area contributed by atoms with Gasteiger partial charge >= 0.3 is 6.18 Å². The number of hydrogen-bond acceptors (Lipinski definition) is 4. The normalized spacial score (nSPS) is 15.7. The molecule has 0 saturated carbocycles. The van der Waals surface area contributed by atoms with Gasteiger partial charge in [0.25, 0.3) is 0 Å². The van der Waals surface area contributed by atoms with E-state index in [-0.39, 0.29) is 11.3 Å². The van der Waals surface area contributed by atoms with Gasteiger partial charge in [0.15, 0.2) is 5.60 Å². The Kier molecular flexibility index (Phi) is 5.96. The Morgan fingerprint density at radius 1 is 1.09 bits per heavy atom. The van der Waals surface area contributed by atoms with Crippen molar-refractivity contribution in [2.75, 3.05) is 18.5 Å². The summed E-state index contributed by atoms with van der Waals surface area (Å²) in [6.07, 6.45) is -5.40. The fourth-order valence-corrected chi connectivity index (χ4v) is 4.55. The fraction of sp³-hybridized carbons (Fsp3) is 0.400. The average Bonchev–Trinajstić information content (AvgIpc) is 3.19. The van der Waals surface area contributed by atoms with Gasteiger partial charge in [0.1, 0.15) is 17.4 Å². The first-order chi connectivity index (χ1) is 15.8. The highest BCUT2D eigenvalue weighted by molar-refractivity contribution is 5.91. The number of nitrogens with zero attached hydrogens (tertiary/aromatic N) is 1. The number of aliphatic hydroxyl groups is 1. The third-order valence-electron chi connectivity index (χ3n) is 6.26. The lowest BCUT2D eigenvalue weighted by Crippen LogP contribution is -2.53. The number of aryl methyl sites for hydroxylation is 1. The number of rotatable bonds is 6. The molecule has 0 fully saturated rings. The molecule has 182 valence electrons. The molecular weight excluding hydrogens is 455 g/mol. The van der Waals surface area contributed by atoms with Gasteiger partial charge in [-0.1, -0.05) is 13.8 Å². The smallest absolute Gasteiger partial charge is 0.418 e. The summed E-state index contributed by atoms with van der Waals surface area (Å²) in [5, 5.41) is 13.6. The van der Waals surface area contributed by atoms with E-state index < -0.39 is 41.8 Å². The second-order valence-electron chi connectivity index (χ2n) is 9.43. The first kappa shape index (κ1) is 24.2. The van der Waals surface area contributed by atoms with Gasteiger partial charge in [-0.15, -0.1) is 0 Å². The molecule has 4 rings (SSSR count). The summed E-state index contributed by atoms with van der Waals surface area (Å²) < 4.78 is 76.9. The number of hydrogen-bond donors (Lipinski definition) is 2. The summed E-state index contributed by atoms with van der Waals surface area (Å²) in [6, 6.07) is 8.18. The molecule has 1 aliphatic rings. The van der Waals surface area contributed by atoms with Crippen molar-refractivity contribution in [1.29, 1.82) is 0 Å². The lowest BCUT2D eigenvalue weighted by Gasteiger charge is -2.38. The van der Waals surface area contributed by atoms with Crippen molar-refractivity contribution in [2.24, 2.45) is 0 Å². The molecule has 1 aromatic heterocycles. The predicted molar refractivity (Wildman–Crippen MR) is 119 cm³/mol. The molecule has 1 aliphatic heterocycles. The van der Waals surface area contributed by atoms with Crippen LogP contribution < -0.4 is 10.1 Å². The third kappa shape index (κ3) is 4.41. The molecule has 0 saturated heterocycles. The van der Waals surface area contributed by atoms with Crippen molar-refractivity contribution in [1.82, 2.24) is 4.98 Å². The van der Waals surface area contributed by atoms with Crippen molar-refractivity contribution in [3.05, 3.63) is 64.9 Å². The number of anilines is 1.